The smallest absolute Gasteiger partial charge is 0.211 e. The Labute approximate surface area is 129 Å². The third-order valence-electron chi connectivity index (χ3n) is 3.65. The lowest BCUT2D eigenvalue weighted by Crippen LogP contribution is -1.98. The molecule has 0 N–H and O–H groups in total. The second-order valence-electron chi connectivity index (χ2n) is 5.23. The van der Waals surface area contributed by atoms with Crippen LogP contribution >= 0.6 is 11.8 Å². The van der Waals surface area contributed by atoms with E-state index in [-0.39, 0.29) is 0 Å². The molecule has 0 radical (unpaired) electrons. The predicted octanol–water partition coefficient (Wildman–Crippen LogP) is 4.20. The van der Waals surface area contributed by atoms with E-state index in [2.05, 4.69) is 53.7 Å². The summed E-state index contributed by atoms with van der Waals surface area (Å²) in [6.45, 7) is 7.33. The molecule has 0 saturated heterocycles. The van der Waals surface area contributed by atoms with Crippen molar-refractivity contribution in [2.45, 2.75) is 45.3 Å². The highest BCUT2D eigenvalue weighted by molar-refractivity contribution is 7.99. The molecule has 0 fully saturated rings. The second-order valence-corrected chi connectivity index (χ2v) is 6.30. The van der Waals surface area contributed by atoms with E-state index in [0.29, 0.717) is 0 Å². The number of hydrogen-bond donors (Lipinski definition) is 0. The van der Waals surface area contributed by atoms with E-state index in [9.17, 15) is 0 Å². The molecule has 0 amide bonds. The molecule has 2 aromatic heterocycles. The number of thioether (sulfide) groups is 1. The molecule has 0 aliphatic carbocycles. The number of rotatable bonds is 5. The summed E-state index contributed by atoms with van der Waals surface area (Å²) in [7, 11) is 0. The Balaban J connectivity index is 2.13. The quantitative estimate of drug-likeness (QED) is 0.523. The van der Waals surface area contributed by atoms with E-state index < -0.39 is 0 Å². The Bertz CT molecular complexity index is 779. The Morgan fingerprint density at radius 2 is 2.05 bits per heavy atom. The first kappa shape index (κ1) is 14.3. The summed E-state index contributed by atoms with van der Waals surface area (Å²) in [5, 5.41) is 10.7. The summed E-state index contributed by atoms with van der Waals surface area (Å²) in [5.41, 5.74) is 4.29. The van der Waals surface area contributed by atoms with Gasteiger partial charge in [-0.1, -0.05) is 36.7 Å². The van der Waals surface area contributed by atoms with Gasteiger partial charge >= 0.3 is 0 Å². The molecule has 5 heteroatoms. The molecule has 0 aliphatic rings. The lowest BCUT2D eigenvalue weighted by Gasteiger charge is -2.02. The van der Waals surface area contributed by atoms with Crippen LogP contribution in [0.5, 0.6) is 0 Å². The molecule has 21 heavy (non-hydrogen) atoms. The van der Waals surface area contributed by atoms with E-state index in [1.807, 2.05) is 0 Å². The van der Waals surface area contributed by atoms with Gasteiger partial charge in [0, 0.05) is 17.7 Å². The lowest BCUT2D eigenvalue weighted by atomic mass is 10.2. The molecule has 0 unspecified atom stereocenters. The molecular formula is C16H20N4S. The van der Waals surface area contributed by atoms with Crippen LogP contribution in [0.3, 0.4) is 0 Å². The van der Waals surface area contributed by atoms with Gasteiger partial charge in [0.15, 0.2) is 5.65 Å². The molecule has 0 atom stereocenters. The zero-order valence-electron chi connectivity index (χ0n) is 12.8. The van der Waals surface area contributed by atoms with Crippen molar-refractivity contribution in [2.24, 2.45) is 0 Å². The fourth-order valence-corrected chi connectivity index (χ4v) is 3.41. The van der Waals surface area contributed by atoms with Crippen molar-refractivity contribution in [2.75, 3.05) is 5.75 Å². The van der Waals surface area contributed by atoms with Crippen LogP contribution in [0.4, 0.5) is 0 Å². The monoisotopic (exact) mass is 300 g/mol. The van der Waals surface area contributed by atoms with Gasteiger partial charge < -0.3 is 4.57 Å². The maximum atomic E-state index is 4.74. The van der Waals surface area contributed by atoms with Crippen LogP contribution in [0, 0.1) is 6.92 Å². The van der Waals surface area contributed by atoms with Crippen molar-refractivity contribution in [3.8, 4) is 0 Å². The van der Waals surface area contributed by atoms with Gasteiger partial charge in [-0.2, -0.15) is 0 Å². The molecule has 0 aliphatic heterocycles. The lowest BCUT2D eigenvalue weighted by molar-refractivity contribution is 0.788. The van der Waals surface area contributed by atoms with Crippen LogP contribution in [-0.2, 0) is 6.54 Å². The van der Waals surface area contributed by atoms with Crippen molar-refractivity contribution < 1.29 is 0 Å². The predicted molar refractivity (Wildman–Crippen MR) is 88.9 cm³/mol. The van der Waals surface area contributed by atoms with Crippen molar-refractivity contribution in [1.29, 1.82) is 0 Å². The summed E-state index contributed by atoms with van der Waals surface area (Å²) in [6.07, 6.45) is 2.37. The minimum atomic E-state index is 0.783. The first-order valence-electron chi connectivity index (χ1n) is 7.50. The molecule has 0 saturated carbocycles. The zero-order valence-corrected chi connectivity index (χ0v) is 13.6. The Kier molecular flexibility index (Phi) is 4.10. The topological polar surface area (TPSA) is 43.6 Å². The summed E-state index contributed by atoms with van der Waals surface area (Å²) < 4.78 is 2.22. The summed E-state index contributed by atoms with van der Waals surface area (Å²) in [4.78, 5) is 4.74. The molecule has 0 spiro atoms. The first-order valence-corrected chi connectivity index (χ1v) is 8.49. The SMILES string of the molecule is CCCCSc1nnc2c3cc(C)ccc3n(CC)c2n1. The summed E-state index contributed by atoms with van der Waals surface area (Å²) in [6, 6.07) is 6.46. The maximum absolute atomic E-state index is 4.74. The highest BCUT2D eigenvalue weighted by atomic mass is 32.2. The fraction of sp³-hybridized carbons (Fsp3) is 0.438. The molecule has 110 valence electrons. The van der Waals surface area contributed by atoms with Crippen LogP contribution < -0.4 is 0 Å². The minimum absolute atomic E-state index is 0.783. The molecular weight excluding hydrogens is 280 g/mol. The Hall–Kier alpha value is -1.62. The number of benzene rings is 1. The van der Waals surface area contributed by atoms with Gasteiger partial charge in [0.1, 0.15) is 5.52 Å². The van der Waals surface area contributed by atoms with E-state index in [0.717, 1.165) is 34.0 Å². The standard InChI is InChI=1S/C16H20N4S/c1-4-6-9-21-16-17-15-14(18-19-16)12-10-11(3)7-8-13(12)20(15)5-2/h7-8,10H,4-6,9H2,1-3H3. The van der Waals surface area contributed by atoms with E-state index in [1.54, 1.807) is 11.8 Å². The second kappa shape index (κ2) is 6.02. The largest absolute Gasteiger partial charge is 0.324 e. The fourth-order valence-electron chi connectivity index (χ4n) is 2.54. The van der Waals surface area contributed by atoms with E-state index >= 15 is 0 Å². The van der Waals surface area contributed by atoms with Crippen molar-refractivity contribution in [3.05, 3.63) is 23.8 Å². The number of nitrogens with zero attached hydrogens (tertiary/aromatic N) is 4. The van der Waals surface area contributed by atoms with Gasteiger partial charge in [0.2, 0.25) is 5.16 Å². The van der Waals surface area contributed by atoms with Crippen LogP contribution in [0.25, 0.3) is 22.1 Å². The van der Waals surface area contributed by atoms with E-state index in [4.69, 9.17) is 4.98 Å². The molecule has 1 aromatic carbocycles. The van der Waals surface area contributed by atoms with Crippen LogP contribution in [-0.4, -0.2) is 25.5 Å². The van der Waals surface area contributed by atoms with Crippen LogP contribution in [0.1, 0.15) is 32.3 Å². The average molecular weight is 300 g/mol. The maximum Gasteiger partial charge on any atom is 0.211 e. The number of aryl methyl sites for hydroxylation is 2. The molecule has 0 bridgehead atoms. The van der Waals surface area contributed by atoms with Crippen LogP contribution in [0.2, 0.25) is 0 Å². The number of aromatic nitrogens is 4. The first-order chi connectivity index (χ1) is 10.2. The third-order valence-corrected chi connectivity index (χ3v) is 4.57. The number of hydrogen-bond acceptors (Lipinski definition) is 4. The van der Waals surface area contributed by atoms with Gasteiger partial charge in [-0.3, -0.25) is 0 Å². The van der Waals surface area contributed by atoms with Gasteiger partial charge in [0.25, 0.3) is 0 Å². The van der Waals surface area contributed by atoms with Gasteiger partial charge in [0.05, 0.1) is 5.52 Å². The normalized spacial score (nSPS) is 11.6. The Morgan fingerprint density at radius 1 is 1.19 bits per heavy atom. The summed E-state index contributed by atoms with van der Waals surface area (Å²) >= 11 is 1.69. The third kappa shape index (κ3) is 2.62. The van der Waals surface area contributed by atoms with Gasteiger partial charge in [-0.25, -0.2) is 4.98 Å². The molecule has 3 aromatic rings. The zero-order chi connectivity index (χ0) is 14.8. The molecule has 2 heterocycles. The highest BCUT2D eigenvalue weighted by Crippen LogP contribution is 2.28. The van der Waals surface area contributed by atoms with Gasteiger partial charge in [-0.15, -0.1) is 10.2 Å². The van der Waals surface area contributed by atoms with Gasteiger partial charge in [-0.05, 0) is 32.4 Å². The van der Waals surface area contributed by atoms with Crippen molar-refractivity contribution in [1.82, 2.24) is 19.7 Å². The van der Waals surface area contributed by atoms with Crippen LogP contribution in [0.15, 0.2) is 23.4 Å². The summed E-state index contributed by atoms with van der Waals surface area (Å²) in [5.74, 6) is 1.05. The van der Waals surface area contributed by atoms with E-state index in [1.165, 1.54) is 23.9 Å². The molecule has 4 nitrogen and oxygen atoms in total. The number of unbranched alkanes of at least 4 members (excludes halogenated alkanes) is 1. The highest BCUT2D eigenvalue weighted by Gasteiger charge is 2.14. The number of fused-ring (bicyclic) bond motifs is 3. The average Bonchev–Trinajstić information content (AvgIpc) is 2.80. The van der Waals surface area contributed by atoms with Crippen molar-refractivity contribution >= 4 is 33.8 Å². The minimum Gasteiger partial charge on any atom is -0.324 e. The van der Waals surface area contributed by atoms with Crippen molar-refractivity contribution in [3.63, 3.8) is 0 Å². The Morgan fingerprint density at radius 3 is 2.81 bits per heavy atom. The molecule has 3 rings (SSSR count).